The van der Waals surface area contributed by atoms with Crippen LogP contribution >= 0.6 is 11.6 Å². The number of rotatable bonds is 4. The van der Waals surface area contributed by atoms with Crippen molar-refractivity contribution in [2.45, 2.75) is 33.2 Å². The summed E-state index contributed by atoms with van der Waals surface area (Å²) in [6.07, 6.45) is 0.888. The third-order valence-corrected chi connectivity index (χ3v) is 3.10. The van der Waals surface area contributed by atoms with Gasteiger partial charge in [0, 0.05) is 12.6 Å². The minimum atomic E-state index is -0.167. The smallest absolute Gasteiger partial charge is 0.274 e. The van der Waals surface area contributed by atoms with Crippen LogP contribution in [0.15, 0.2) is 12.1 Å². The van der Waals surface area contributed by atoms with Gasteiger partial charge in [-0.15, -0.1) is 0 Å². The number of halogens is 1. The first-order chi connectivity index (χ1) is 8.01. The SMILES string of the molecule is CCC(C)N(CC)C(=O)c1nc(N)ccc1Cl. The minimum Gasteiger partial charge on any atom is -0.384 e. The van der Waals surface area contributed by atoms with Gasteiger partial charge >= 0.3 is 0 Å². The van der Waals surface area contributed by atoms with E-state index in [1.54, 1.807) is 17.0 Å². The number of carbonyl (C=O) groups excluding carboxylic acids is 1. The lowest BCUT2D eigenvalue weighted by molar-refractivity contribution is 0.0694. The highest BCUT2D eigenvalue weighted by atomic mass is 35.5. The number of nitrogen functional groups attached to an aromatic ring is 1. The lowest BCUT2D eigenvalue weighted by atomic mass is 10.2. The highest BCUT2D eigenvalue weighted by Gasteiger charge is 2.22. The van der Waals surface area contributed by atoms with Crippen molar-refractivity contribution in [3.05, 3.63) is 22.8 Å². The van der Waals surface area contributed by atoms with Crippen molar-refractivity contribution in [2.24, 2.45) is 0 Å². The summed E-state index contributed by atoms with van der Waals surface area (Å²) in [4.78, 5) is 18.0. The molecule has 0 aliphatic carbocycles. The Bertz CT molecular complexity index is 409. The molecule has 1 aromatic heterocycles. The molecule has 1 unspecified atom stereocenters. The second-order valence-corrected chi connectivity index (χ2v) is 4.32. The Kier molecular flexibility index (Phi) is 4.75. The fraction of sp³-hybridized carbons (Fsp3) is 0.500. The molecule has 5 heteroatoms. The maximum Gasteiger partial charge on any atom is 0.274 e. The van der Waals surface area contributed by atoms with E-state index in [0.717, 1.165) is 6.42 Å². The van der Waals surface area contributed by atoms with Gasteiger partial charge in [-0.1, -0.05) is 18.5 Å². The van der Waals surface area contributed by atoms with Crippen LogP contribution < -0.4 is 5.73 Å². The average Bonchev–Trinajstić information content (AvgIpc) is 2.32. The topological polar surface area (TPSA) is 59.2 Å². The highest BCUT2D eigenvalue weighted by molar-refractivity contribution is 6.33. The van der Waals surface area contributed by atoms with E-state index in [1.165, 1.54) is 0 Å². The predicted molar refractivity (Wildman–Crippen MR) is 70.1 cm³/mol. The number of amides is 1. The van der Waals surface area contributed by atoms with E-state index >= 15 is 0 Å². The fourth-order valence-electron chi connectivity index (χ4n) is 1.62. The molecule has 17 heavy (non-hydrogen) atoms. The van der Waals surface area contributed by atoms with E-state index in [-0.39, 0.29) is 17.6 Å². The molecule has 0 aliphatic heterocycles. The van der Waals surface area contributed by atoms with Crippen molar-refractivity contribution in [2.75, 3.05) is 12.3 Å². The molecule has 4 nitrogen and oxygen atoms in total. The van der Waals surface area contributed by atoms with E-state index in [9.17, 15) is 4.79 Å². The normalized spacial score (nSPS) is 12.2. The maximum atomic E-state index is 12.3. The van der Waals surface area contributed by atoms with Gasteiger partial charge in [0.05, 0.1) is 5.02 Å². The quantitative estimate of drug-likeness (QED) is 0.900. The molecule has 1 amide bonds. The number of carbonyl (C=O) groups is 1. The van der Waals surface area contributed by atoms with E-state index in [4.69, 9.17) is 17.3 Å². The Morgan fingerprint density at radius 2 is 2.18 bits per heavy atom. The number of hydrogen-bond donors (Lipinski definition) is 1. The third kappa shape index (κ3) is 3.09. The third-order valence-electron chi connectivity index (χ3n) is 2.79. The van der Waals surface area contributed by atoms with Gasteiger partial charge in [-0.05, 0) is 32.4 Å². The lowest BCUT2D eigenvalue weighted by Gasteiger charge is -2.27. The van der Waals surface area contributed by atoms with Crippen molar-refractivity contribution < 1.29 is 4.79 Å². The molecule has 1 aromatic rings. The Labute approximate surface area is 107 Å². The standard InChI is InChI=1S/C12H18ClN3O/c1-4-8(3)16(5-2)12(17)11-9(13)6-7-10(14)15-11/h6-8H,4-5H2,1-3H3,(H2,14,15). The summed E-state index contributed by atoms with van der Waals surface area (Å²) in [7, 11) is 0. The summed E-state index contributed by atoms with van der Waals surface area (Å²) in [6.45, 7) is 6.60. The second kappa shape index (κ2) is 5.87. The zero-order chi connectivity index (χ0) is 13.0. The minimum absolute atomic E-state index is 0.159. The molecule has 1 heterocycles. The second-order valence-electron chi connectivity index (χ2n) is 3.91. The van der Waals surface area contributed by atoms with Crippen LogP contribution in [0.4, 0.5) is 5.82 Å². The van der Waals surface area contributed by atoms with Crippen molar-refractivity contribution in [1.82, 2.24) is 9.88 Å². The summed E-state index contributed by atoms with van der Waals surface area (Å²) in [5, 5.41) is 0.339. The molecule has 1 rings (SSSR count). The first kappa shape index (κ1) is 13.8. The molecule has 0 saturated heterocycles. The number of nitrogens with two attached hydrogens (primary N) is 1. The molecular formula is C12H18ClN3O. The fourth-order valence-corrected chi connectivity index (χ4v) is 1.81. The molecular weight excluding hydrogens is 238 g/mol. The van der Waals surface area contributed by atoms with Gasteiger partial charge in [-0.3, -0.25) is 4.79 Å². The van der Waals surface area contributed by atoms with Gasteiger partial charge in [0.2, 0.25) is 0 Å². The Hall–Kier alpha value is -1.29. The number of nitrogens with zero attached hydrogens (tertiary/aromatic N) is 2. The zero-order valence-corrected chi connectivity index (χ0v) is 11.2. The molecule has 0 bridgehead atoms. The van der Waals surface area contributed by atoms with Crippen LogP contribution in [0, 0.1) is 0 Å². The first-order valence-electron chi connectivity index (χ1n) is 5.74. The lowest BCUT2D eigenvalue weighted by Crippen LogP contribution is -2.38. The summed E-state index contributed by atoms with van der Waals surface area (Å²) in [5.41, 5.74) is 5.81. The summed E-state index contributed by atoms with van der Waals surface area (Å²) in [5.74, 6) is 0.136. The van der Waals surface area contributed by atoms with Crippen molar-refractivity contribution in [1.29, 1.82) is 0 Å². The van der Waals surface area contributed by atoms with Gasteiger partial charge in [-0.2, -0.15) is 0 Å². The molecule has 0 radical (unpaired) electrons. The summed E-state index contributed by atoms with van der Waals surface area (Å²) in [6, 6.07) is 3.34. The summed E-state index contributed by atoms with van der Waals surface area (Å²) >= 11 is 5.97. The van der Waals surface area contributed by atoms with Crippen LogP contribution in [0.5, 0.6) is 0 Å². The predicted octanol–water partition coefficient (Wildman–Crippen LogP) is 2.58. The molecule has 2 N–H and O–H groups in total. The van der Waals surface area contributed by atoms with E-state index in [0.29, 0.717) is 17.4 Å². The van der Waals surface area contributed by atoms with Crippen LogP contribution in [-0.2, 0) is 0 Å². The van der Waals surface area contributed by atoms with Crippen LogP contribution in [0.2, 0.25) is 5.02 Å². The molecule has 0 aliphatic rings. The van der Waals surface area contributed by atoms with Gasteiger partial charge in [0.15, 0.2) is 0 Å². The van der Waals surface area contributed by atoms with Gasteiger partial charge in [0.1, 0.15) is 11.5 Å². The van der Waals surface area contributed by atoms with E-state index < -0.39 is 0 Å². The Morgan fingerprint density at radius 1 is 1.53 bits per heavy atom. The van der Waals surface area contributed by atoms with Crippen LogP contribution in [0.1, 0.15) is 37.7 Å². The molecule has 1 atom stereocenters. The van der Waals surface area contributed by atoms with Crippen molar-refractivity contribution in [3.8, 4) is 0 Å². The van der Waals surface area contributed by atoms with Crippen LogP contribution in [0.3, 0.4) is 0 Å². The Balaban J connectivity index is 3.05. The molecule has 0 spiro atoms. The van der Waals surface area contributed by atoms with Crippen molar-refractivity contribution >= 4 is 23.3 Å². The number of hydrogen-bond acceptors (Lipinski definition) is 3. The number of anilines is 1. The number of aromatic nitrogens is 1. The molecule has 0 fully saturated rings. The highest BCUT2D eigenvalue weighted by Crippen LogP contribution is 2.18. The zero-order valence-electron chi connectivity index (χ0n) is 10.4. The van der Waals surface area contributed by atoms with Crippen molar-refractivity contribution in [3.63, 3.8) is 0 Å². The monoisotopic (exact) mass is 255 g/mol. The van der Waals surface area contributed by atoms with E-state index in [1.807, 2.05) is 20.8 Å². The Morgan fingerprint density at radius 3 is 2.71 bits per heavy atom. The van der Waals surface area contributed by atoms with Crippen LogP contribution in [0.25, 0.3) is 0 Å². The molecule has 94 valence electrons. The maximum absolute atomic E-state index is 12.3. The first-order valence-corrected chi connectivity index (χ1v) is 6.12. The van der Waals surface area contributed by atoms with Gasteiger partial charge in [0.25, 0.3) is 5.91 Å². The van der Waals surface area contributed by atoms with Gasteiger partial charge < -0.3 is 10.6 Å². The largest absolute Gasteiger partial charge is 0.384 e. The number of pyridine rings is 1. The van der Waals surface area contributed by atoms with E-state index in [2.05, 4.69) is 4.98 Å². The molecule has 0 saturated carbocycles. The summed E-state index contributed by atoms with van der Waals surface area (Å²) < 4.78 is 0. The van der Waals surface area contributed by atoms with Crippen LogP contribution in [-0.4, -0.2) is 28.4 Å². The average molecular weight is 256 g/mol. The molecule has 0 aromatic carbocycles. The van der Waals surface area contributed by atoms with Gasteiger partial charge in [-0.25, -0.2) is 4.98 Å².